The van der Waals surface area contributed by atoms with Crippen LogP contribution < -0.4 is 15.4 Å². The summed E-state index contributed by atoms with van der Waals surface area (Å²) in [5, 5.41) is 4.52. The Bertz CT molecular complexity index is 813. The van der Waals surface area contributed by atoms with Gasteiger partial charge in [0.05, 0.1) is 6.21 Å². The number of aromatic nitrogens is 2. The second-order valence-corrected chi connectivity index (χ2v) is 5.36. The van der Waals surface area contributed by atoms with E-state index in [4.69, 9.17) is 5.84 Å². The molecule has 0 atom stereocenters. The van der Waals surface area contributed by atoms with Crippen molar-refractivity contribution in [3.8, 4) is 0 Å². The lowest BCUT2D eigenvalue weighted by molar-refractivity contribution is -0.612. The van der Waals surface area contributed by atoms with Gasteiger partial charge in [0.2, 0.25) is 11.0 Å². The highest BCUT2D eigenvalue weighted by atomic mass is 15.4. The number of hydrogen-bond acceptors (Lipinski definition) is 3. The molecule has 118 valence electrons. The van der Waals surface area contributed by atoms with E-state index in [-0.39, 0.29) is 0 Å². The third kappa shape index (κ3) is 3.04. The van der Waals surface area contributed by atoms with Gasteiger partial charge in [-0.15, -0.1) is 4.68 Å². The lowest BCUT2D eigenvalue weighted by Crippen LogP contribution is -2.42. The quantitative estimate of drug-likeness (QED) is 0.447. The number of nitrogen functional groups attached to an aromatic ring is 1. The van der Waals surface area contributed by atoms with E-state index in [9.17, 15) is 0 Å². The molecule has 1 heterocycles. The number of para-hydroxylation sites is 2. The van der Waals surface area contributed by atoms with E-state index in [2.05, 4.69) is 48.1 Å². The minimum absolute atomic E-state index is 0.946. The number of benzene rings is 2. The van der Waals surface area contributed by atoms with Crippen molar-refractivity contribution < 1.29 is 4.68 Å². The van der Waals surface area contributed by atoms with Crippen LogP contribution in [0.1, 0.15) is 19.4 Å². The molecule has 5 nitrogen and oxygen atoms in total. The van der Waals surface area contributed by atoms with Crippen LogP contribution in [0, 0.1) is 0 Å². The van der Waals surface area contributed by atoms with Crippen LogP contribution in [0.5, 0.6) is 0 Å². The summed E-state index contributed by atoms with van der Waals surface area (Å²) in [6.07, 6.45) is 3.61. The first-order valence-electron chi connectivity index (χ1n) is 7.89. The Hall–Kier alpha value is -2.82. The third-order valence-corrected chi connectivity index (χ3v) is 3.99. The molecule has 3 aromatic rings. The standard InChI is InChI=1S/C18H22N5/c1-3-21(4-2)16-11-9-15(10-12-16)13-20-23-14-22(19)17-7-5-6-8-18(17)23/h5-14H,3-4,19H2,1-2H3/q+1/b20-13+. The lowest BCUT2D eigenvalue weighted by Gasteiger charge is -2.20. The Kier molecular flexibility index (Phi) is 4.28. The van der Waals surface area contributed by atoms with E-state index < -0.39 is 0 Å². The van der Waals surface area contributed by atoms with Crippen molar-refractivity contribution in [1.29, 1.82) is 0 Å². The van der Waals surface area contributed by atoms with E-state index in [1.807, 2.05) is 30.5 Å². The van der Waals surface area contributed by atoms with Crippen LogP contribution >= 0.6 is 0 Å². The second-order valence-electron chi connectivity index (χ2n) is 5.36. The monoisotopic (exact) mass is 308 g/mol. The zero-order valence-corrected chi connectivity index (χ0v) is 13.6. The smallest absolute Gasteiger partial charge is 0.293 e. The van der Waals surface area contributed by atoms with Crippen LogP contribution in [-0.4, -0.2) is 24.0 Å². The molecule has 3 rings (SSSR count). The van der Waals surface area contributed by atoms with Crippen LogP contribution in [0.2, 0.25) is 0 Å². The first kappa shape index (κ1) is 15.1. The van der Waals surface area contributed by atoms with Crippen molar-refractivity contribution in [3.63, 3.8) is 0 Å². The fourth-order valence-corrected chi connectivity index (χ4v) is 2.70. The SMILES string of the molecule is CCN(CC)c1ccc(/C=N/n2c[n+](N)c3ccccc32)cc1. The first-order chi connectivity index (χ1) is 11.2. The Morgan fingerprint density at radius 1 is 1.09 bits per heavy atom. The molecule has 5 heteroatoms. The fraction of sp³-hybridized carbons (Fsp3) is 0.222. The minimum atomic E-state index is 0.946. The largest absolute Gasteiger partial charge is 0.372 e. The zero-order chi connectivity index (χ0) is 16.2. The van der Waals surface area contributed by atoms with Crippen molar-refractivity contribution in [3.05, 3.63) is 60.4 Å². The highest BCUT2D eigenvalue weighted by Gasteiger charge is 2.12. The third-order valence-electron chi connectivity index (χ3n) is 3.99. The zero-order valence-electron chi connectivity index (χ0n) is 13.6. The van der Waals surface area contributed by atoms with Crippen molar-refractivity contribution >= 4 is 22.9 Å². The predicted molar refractivity (Wildman–Crippen MR) is 95.3 cm³/mol. The number of nitrogens with zero attached hydrogens (tertiary/aromatic N) is 4. The predicted octanol–water partition coefficient (Wildman–Crippen LogP) is 2.37. The van der Waals surface area contributed by atoms with Gasteiger partial charge in [0.25, 0.3) is 6.33 Å². The minimum Gasteiger partial charge on any atom is -0.372 e. The van der Waals surface area contributed by atoms with Crippen LogP contribution in [0.25, 0.3) is 11.0 Å². The topological polar surface area (TPSA) is 50.4 Å². The molecule has 0 aliphatic heterocycles. The molecule has 2 aromatic carbocycles. The molecule has 2 N–H and O–H groups in total. The molecule has 0 bridgehead atoms. The average Bonchev–Trinajstić information content (AvgIpc) is 2.92. The maximum atomic E-state index is 5.95. The molecule has 0 saturated heterocycles. The maximum absolute atomic E-state index is 5.95. The van der Waals surface area contributed by atoms with Crippen LogP contribution in [0.15, 0.2) is 60.0 Å². The molecule has 1 aromatic heterocycles. The molecule has 0 aliphatic rings. The van der Waals surface area contributed by atoms with Crippen LogP contribution in [0.4, 0.5) is 5.69 Å². The normalized spacial score (nSPS) is 11.4. The van der Waals surface area contributed by atoms with E-state index in [1.165, 1.54) is 5.69 Å². The highest BCUT2D eigenvalue weighted by Crippen LogP contribution is 2.14. The molecular weight excluding hydrogens is 286 g/mol. The summed E-state index contributed by atoms with van der Waals surface area (Å²) in [7, 11) is 0. The molecule has 0 fully saturated rings. The Balaban J connectivity index is 1.84. The fourth-order valence-electron chi connectivity index (χ4n) is 2.70. The van der Waals surface area contributed by atoms with E-state index >= 15 is 0 Å². The molecule has 0 amide bonds. The Morgan fingerprint density at radius 3 is 2.48 bits per heavy atom. The van der Waals surface area contributed by atoms with Crippen molar-refractivity contribution in [2.45, 2.75) is 13.8 Å². The van der Waals surface area contributed by atoms with Gasteiger partial charge < -0.3 is 4.90 Å². The van der Waals surface area contributed by atoms with Gasteiger partial charge in [0, 0.05) is 18.8 Å². The number of imidazole rings is 1. The summed E-state index contributed by atoms with van der Waals surface area (Å²) in [4.78, 5) is 2.32. The van der Waals surface area contributed by atoms with E-state index in [0.717, 1.165) is 29.7 Å². The molecule has 0 saturated carbocycles. The van der Waals surface area contributed by atoms with Gasteiger partial charge >= 0.3 is 0 Å². The summed E-state index contributed by atoms with van der Waals surface area (Å²) < 4.78 is 3.36. The van der Waals surface area contributed by atoms with Gasteiger partial charge in [-0.3, -0.25) is 5.84 Å². The number of nitrogens with two attached hydrogens (primary N) is 1. The number of fused-ring (bicyclic) bond motifs is 1. The van der Waals surface area contributed by atoms with Crippen molar-refractivity contribution in [1.82, 2.24) is 4.68 Å². The summed E-state index contributed by atoms with van der Waals surface area (Å²) in [5.41, 5.74) is 4.22. The van der Waals surface area contributed by atoms with Gasteiger partial charge in [-0.05, 0) is 43.7 Å². The maximum Gasteiger partial charge on any atom is 0.293 e. The van der Waals surface area contributed by atoms with Gasteiger partial charge in [-0.25, -0.2) is 0 Å². The Morgan fingerprint density at radius 2 is 1.78 bits per heavy atom. The van der Waals surface area contributed by atoms with Crippen molar-refractivity contribution in [2.75, 3.05) is 23.8 Å². The number of anilines is 1. The number of hydrogen-bond donors (Lipinski definition) is 1. The summed E-state index contributed by atoms with van der Waals surface area (Å²) >= 11 is 0. The molecule has 23 heavy (non-hydrogen) atoms. The molecule has 0 radical (unpaired) electrons. The second kappa shape index (κ2) is 6.52. The summed E-state index contributed by atoms with van der Waals surface area (Å²) in [6, 6.07) is 16.3. The molecule has 0 aliphatic carbocycles. The van der Waals surface area contributed by atoms with Gasteiger partial charge in [-0.1, -0.05) is 34.0 Å². The van der Waals surface area contributed by atoms with E-state index in [1.54, 1.807) is 15.7 Å². The number of rotatable bonds is 5. The Labute approximate surface area is 136 Å². The first-order valence-corrected chi connectivity index (χ1v) is 7.89. The van der Waals surface area contributed by atoms with Gasteiger partial charge in [0.15, 0.2) is 0 Å². The van der Waals surface area contributed by atoms with Crippen LogP contribution in [0.3, 0.4) is 0 Å². The lowest BCUT2D eigenvalue weighted by atomic mass is 10.2. The van der Waals surface area contributed by atoms with Crippen LogP contribution in [-0.2, 0) is 0 Å². The summed E-state index contributed by atoms with van der Waals surface area (Å²) in [5.74, 6) is 5.95. The highest BCUT2D eigenvalue weighted by molar-refractivity contribution is 5.81. The van der Waals surface area contributed by atoms with Crippen molar-refractivity contribution in [2.24, 2.45) is 5.10 Å². The molecular formula is C18H22N5+. The molecule has 0 unspecified atom stereocenters. The molecule has 0 spiro atoms. The summed E-state index contributed by atoms with van der Waals surface area (Å²) in [6.45, 7) is 6.35. The van der Waals surface area contributed by atoms with Gasteiger partial charge in [-0.2, -0.15) is 0 Å². The van der Waals surface area contributed by atoms with Gasteiger partial charge in [0.1, 0.15) is 0 Å². The average molecular weight is 308 g/mol. The van der Waals surface area contributed by atoms with E-state index in [0.29, 0.717) is 0 Å².